The first-order valence-electron chi connectivity index (χ1n) is 7.61. The second-order valence-electron chi connectivity index (χ2n) is 5.56. The number of carbonyl (C=O) groups excluding carboxylic acids is 2. The molecule has 0 heterocycles. The highest BCUT2D eigenvalue weighted by Crippen LogP contribution is 2.25. The summed E-state index contributed by atoms with van der Waals surface area (Å²) in [6.07, 6.45) is 0.0697. The summed E-state index contributed by atoms with van der Waals surface area (Å²) >= 11 is 17.7. The van der Waals surface area contributed by atoms with Gasteiger partial charge in [-0.2, -0.15) is 0 Å². The topological polar surface area (TPSA) is 58.6 Å². The van der Waals surface area contributed by atoms with Crippen LogP contribution in [0.1, 0.15) is 5.56 Å². The zero-order chi connectivity index (χ0) is 19.3. The van der Waals surface area contributed by atoms with Gasteiger partial charge in [0.25, 0.3) is 0 Å². The smallest absolute Gasteiger partial charge is 0.243 e. The van der Waals surface area contributed by atoms with E-state index in [2.05, 4.69) is 5.32 Å². The van der Waals surface area contributed by atoms with Gasteiger partial charge in [0.05, 0.1) is 30.1 Å². The SMILES string of the molecule is COc1ccc(Cl)cc1CC(=O)N(C)CC(=O)Nc1ccc(Cl)c(Cl)c1. The first-order chi connectivity index (χ1) is 12.3. The highest BCUT2D eigenvalue weighted by atomic mass is 35.5. The summed E-state index contributed by atoms with van der Waals surface area (Å²) in [5, 5.41) is 3.91. The number of carbonyl (C=O) groups is 2. The van der Waals surface area contributed by atoms with Crippen molar-refractivity contribution in [1.82, 2.24) is 4.90 Å². The van der Waals surface area contributed by atoms with Crippen LogP contribution in [0.2, 0.25) is 15.1 Å². The van der Waals surface area contributed by atoms with Crippen LogP contribution in [0.25, 0.3) is 0 Å². The quantitative estimate of drug-likeness (QED) is 0.765. The van der Waals surface area contributed by atoms with E-state index in [1.165, 1.54) is 12.0 Å². The molecule has 0 aliphatic heterocycles. The van der Waals surface area contributed by atoms with Crippen molar-refractivity contribution in [3.05, 3.63) is 57.0 Å². The molecule has 0 aromatic heterocycles. The summed E-state index contributed by atoms with van der Waals surface area (Å²) in [7, 11) is 3.07. The predicted octanol–water partition coefficient (Wildman–Crippen LogP) is 4.30. The van der Waals surface area contributed by atoms with Crippen molar-refractivity contribution in [2.75, 3.05) is 26.0 Å². The first kappa shape index (κ1) is 20.4. The van der Waals surface area contributed by atoms with Crippen molar-refractivity contribution in [2.24, 2.45) is 0 Å². The first-order valence-corrected chi connectivity index (χ1v) is 8.75. The van der Waals surface area contributed by atoms with E-state index in [1.807, 2.05) is 0 Å². The molecule has 8 heteroatoms. The molecule has 0 saturated carbocycles. The number of halogens is 3. The van der Waals surface area contributed by atoms with Crippen LogP contribution >= 0.6 is 34.8 Å². The number of hydrogen-bond acceptors (Lipinski definition) is 3. The number of amides is 2. The van der Waals surface area contributed by atoms with Crippen LogP contribution in [0, 0.1) is 0 Å². The molecule has 0 radical (unpaired) electrons. The molecule has 1 N–H and O–H groups in total. The van der Waals surface area contributed by atoms with Crippen LogP contribution in [0.5, 0.6) is 5.75 Å². The van der Waals surface area contributed by atoms with E-state index in [0.717, 1.165) is 0 Å². The highest BCUT2D eigenvalue weighted by molar-refractivity contribution is 6.42. The van der Waals surface area contributed by atoms with Crippen molar-refractivity contribution in [3.63, 3.8) is 0 Å². The Balaban J connectivity index is 1.97. The Morgan fingerprint density at radius 1 is 1.08 bits per heavy atom. The van der Waals surface area contributed by atoms with Crippen molar-refractivity contribution >= 4 is 52.3 Å². The molecule has 138 valence electrons. The molecule has 2 rings (SSSR count). The summed E-state index contributed by atoms with van der Waals surface area (Å²) in [5.74, 6) is -0.0245. The van der Waals surface area contributed by atoms with Gasteiger partial charge in [0.2, 0.25) is 11.8 Å². The predicted molar refractivity (Wildman–Crippen MR) is 104 cm³/mol. The van der Waals surface area contributed by atoms with Crippen molar-refractivity contribution in [3.8, 4) is 5.75 Å². The molecule has 0 bridgehead atoms. The normalized spacial score (nSPS) is 10.3. The molecule has 2 amide bonds. The molecule has 2 aromatic carbocycles. The average molecular weight is 416 g/mol. The summed E-state index contributed by atoms with van der Waals surface area (Å²) in [6.45, 7) is -0.109. The molecule has 5 nitrogen and oxygen atoms in total. The molecule has 0 fully saturated rings. The van der Waals surface area contributed by atoms with Gasteiger partial charge in [-0.3, -0.25) is 9.59 Å². The van der Waals surface area contributed by atoms with Gasteiger partial charge < -0.3 is 15.0 Å². The number of rotatable bonds is 6. The Bertz CT molecular complexity index is 827. The minimum Gasteiger partial charge on any atom is -0.496 e. The zero-order valence-corrected chi connectivity index (χ0v) is 16.5. The molecule has 0 saturated heterocycles. The largest absolute Gasteiger partial charge is 0.496 e. The molecular formula is C18H17Cl3N2O3. The van der Waals surface area contributed by atoms with Crippen LogP contribution in [-0.2, 0) is 16.0 Å². The van der Waals surface area contributed by atoms with Crippen LogP contribution in [-0.4, -0.2) is 37.4 Å². The summed E-state index contributed by atoms with van der Waals surface area (Å²) in [4.78, 5) is 25.8. The second-order valence-corrected chi connectivity index (χ2v) is 6.81. The molecular weight excluding hydrogens is 399 g/mol. The van der Waals surface area contributed by atoms with Gasteiger partial charge in [0.15, 0.2) is 0 Å². The maximum absolute atomic E-state index is 12.4. The highest BCUT2D eigenvalue weighted by Gasteiger charge is 2.16. The van der Waals surface area contributed by atoms with Crippen molar-refractivity contribution in [2.45, 2.75) is 6.42 Å². The Morgan fingerprint density at radius 2 is 1.81 bits per heavy atom. The van der Waals surface area contributed by atoms with Gasteiger partial charge in [0, 0.05) is 23.3 Å². The van der Waals surface area contributed by atoms with Gasteiger partial charge in [-0.15, -0.1) is 0 Å². The van der Waals surface area contributed by atoms with E-state index in [4.69, 9.17) is 39.5 Å². The van der Waals surface area contributed by atoms with Crippen molar-refractivity contribution < 1.29 is 14.3 Å². The van der Waals surface area contributed by atoms with E-state index in [0.29, 0.717) is 32.1 Å². The lowest BCUT2D eigenvalue weighted by Crippen LogP contribution is -2.35. The van der Waals surface area contributed by atoms with Crippen LogP contribution in [0.4, 0.5) is 5.69 Å². The van der Waals surface area contributed by atoms with E-state index < -0.39 is 0 Å². The number of hydrogen-bond donors (Lipinski definition) is 1. The van der Waals surface area contributed by atoms with Gasteiger partial charge in [-0.1, -0.05) is 34.8 Å². The Kier molecular flexibility index (Phi) is 7.14. The third-order valence-electron chi connectivity index (χ3n) is 3.59. The van der Waals surface area contributed by atoms with Crippen molar-refractivity contribution in [1.29, 1.82) is 0 Å². The van der Waals surface area contributed by atoms with Gasteiger partial charge in [0.1, 0.15) is 5.75 Å². The fourth-order valence-electron chi connectivity index (χ4n) is 2.26. The molecule has 2 aromatic rings. The van der Waals surface area contributed by atoms with Gasteiger partial charge >= 0.3 is 0 Å². The Labute approximate surface area is 166 Å². The van der Waals surface area contributed by atoms with Crippen LogP contribution in [0.15, 0.2) is 36.4 Å². The fraction of sp³-hybridized carbons (Fsp3) is 0.222. The summed E-state index contributed by atoms with van der Waals surface area (Å²) < 4.78 is 5.23. The number of likely N-dealkylation sites (N-methyl/N-ethyl adjacent to an activating group) is 1. The number of anilines is 1. The number of benzene rings is 2. The summed E-state index contributed by atoms with van der Waals surface area (Å²) in [6, 6.07) is 9.80. The number of ether oxygens (including phenoxy) is 1. The maximum atomic E-state index is 12.4. The fourth-order valence-corrected chi connectivity index (χ4v) is 2.75. The molecule has 0 aliphatic carbocycles. The van der Waals surface area contributed by atoms with E-state index in [9.17, 15) is 9.59 Å². The lowest BCUT2D eigenvalue weighted by molar-refractivity contribution is -0.132. The number of methoxy groups -OCH3 is 1. The minimum absolute atomic E-state index is 0.0697. The third kappa shape index (κ3) is 5.53. The van der Waals surface area contributed by atoms with E-state index >= 15 is 0 Å². The number of nitrogens with zero attached hydrogens (tertiary/aromatic N) is 1. The standard InChI is InChI=1S/C18H17Cl3N2O3/c1-23(10-17(24)22-13-4-5-14(20)15(21)9-13)18(25)8-11-7-12(19)3-6-16(11)26-2/h3-7,9H,8,10H2,1-2H3,(H,22,24). The van der Waals surface area contributed by atoms with E-state index in [1.54, 1.807) is 43.4 Å². The molecule has 0 unspecified atom stereocenters. The van der Waals surface area contributed by atoms with Gasteiger partial charge in [-0.25, -0.2) is 0 Å². The summed E-state index contributed by atoms with van der Waals surface area (Å²) in [5.41, 5.74) is 1.16. The van der Waals surface area contributed by atoms with Crippen LogP contribution < -0.4 is 10.1 Å². The Hall–Kier alpha value is -1.95. The Morgan fingerprint density at radius 3 is 2.46 bits per heavy atom. The lowest BCUT2D eigenvalue weighted by Gasteiger charge is -2.18. The molecule has 0 aliphatic rings. The maximum Gasteiger partial charge on any atom is 0.243 e. The van der Waals surface area contributed by atoms with Crippen LogP contribution in [0.3, 0.4) is 0 Å². The number of nitrogens with one attached hydrogen (secondary N) is 1. The zero-order valence-electron chi connectivity index (χ0n) is 14.2. The molecule has 26 heavy (non-hydrogen) atoms. The third-order valence-corrected chi connectivity index (χ3v) is 4.57. The molecule has 0 spiro atoms. The second kappa shape index (κ2) is 9.12. The lowest BCUT2D eigenvalue weighted by atomic mass is 10.1. The van der Waals surface area contributed by atoms with E-state index in [-0.39, 0.29) is 24.8 Å². The average Bonchev–Trinajstić information content (AvgIpc) is 2.58. The molecule has 0 atom stereocenters. The van der Waals surface area contributed by atoms with Gasteiger partial charge in [-0.05, 0) is 36.4 Å². The monoisotopic (exact) mass is 414 g/mol. The minimum atomic E-state index is -0.350.